The Morgan fingerprint density at radius 3 is 2.87 bits per heavy atom. The van der Waals surface area contributed by atoms with Crippen molar-refractivity contribution in [2.24, 2.45) is 0 Å². The summed E-state index contributed by atoms with van der Waals surface area (Å²) in [6, 6.07) is 9.78. The van der Waals surface area contributed by atoms with Gasteiger partial charge < -0.3 is 10.2 Å². The van der Waals surface area contributed by atoms with Crippen molar-refractivity contribution in [3.8, 4) is 0 Å². The molecule has 0 fully saturated rings. The molecule has 5 heteroatoms. The maximum absolute atomic E-state index is 12.8. The minimum atomic E-state index is -0.108. The van der Waals surface area contributed by atoms with Crippen LogP contribution in [0.25, 0.3) is 0 Å². The quantitative estimate of drug-likeness (QED) is 0.922. The lowest BCUT2D eigenvalue weighted by Gasteiger charge is -2.36. The van der Waals surface area contributed by atoms with Crippen molar-refractivity contribution in [3.05, 3.63) is 47.7 Å². The van der Waals surface area contributed by atoms with Crippen LogP contribution in [0.2, 0.25) is 0 Å². The smallest absolute Gasteiger partial charge is 0.326 e. The Bertz CT molecular complexity index is 729. The summed E-state index contributed by atoms with van der Waals surface area (Å²) in [5.74, 6) is 0.873. The van der Waals surface area contributed by atoms with E-state index in [-0.39, 0.29) is 6.03 Å². The van der Waals surface area contributed by atoms with E-state index in [0.717, 1.165) is 41.4 Å². The molecular formula is C18H22N4O. The predicted molar refractivity (Wildman–Crippen MR) is 94.4 cm³/mol. The molecule has 0 radical (unpaired) electrons. The lowest BCUT2D eigenvalue weighted by molar-refractivity contribution is 0.256. The number of urea groups is 1. The number of nitrogens with zero attached hydrogens (tertiary/aromatic N) is 3. The van der Waals surface area contributed by atoms with Gasteiger partial charge in [0.2, 0.25) is 0 Å². The Morgan fingerprint density at radius 2 is 2.09 bits per heavy atom. The van der Waals surface area contributed by atoms with E-state index in [1.807, 2.05) is 44.2 Å². The molecule has 1 aromatic carbocycles. The minimum Gasteiger partial charge on any atom is -0.353 e. The summed E-state index contributed by atoms with van der Waals surface area (Å²) >= 11 is 0. The topological polar surface area (TPSA) is 48.5 Å². The fraction of sp³-hybridized carbons (Fsp3) is 0.333. The zero-order valence-corrected chi connectivity index (χ0v) is 13.8. The summed E-state index contributed by atoms with van der Waals surface area (Å²) in [5.41, 5.74) is 3.91. The van der Waals surface area contributed by atoms with Crippen LogP contribution >= 0.6 is 0 Å². The molecule has 0 saturated heterocycles. The summed E-state index contributed by atoms with van der Waals surface area (Å²) in [4.78, 5) is 21.2. The second kappa shape index (κ2) is 6.28. The average Bonchev–Trinajstić information content (AvgIpc) is 2.57. The molecule has 1 N–H and O–H groups in total. The van der Waals surface area contributed by atoms with Crippen molar-refractivity contribution >= 4 is 23.2 Å². The average molecular weight is 310 g/mol. The molecule has 0 spiro atoms. The number of likely N-dealkylation sites (N-methyl/N-ethyl adjacent to an activating group) is 1. The highest BCUT2D eigenvalue weighted by Crippen LogP contribution is 2.31. The number of hydrogen-bond acceptors (Lipinski definition) is 3. The van der Waals surface area contributed by atoms with Crippen molar-refractivity contribution in [1.82, 2.24) is 4.98 Å². The van der Waals surface area contributed by atoms with Crippen molar-refractivity contribution in [3.63, 3.8) is 0 Å². The third-order valence-electron chi connectivity index (χ3n) is 4.21. The molecule has 5 nitrogen and oxygen atoms in total. The molecular weight excluding hydrogens is 288 g/mol. The Kier molecular flexibility index (Phi) is 4.19. The fourth-order valence-electron chi connectivity index (χ4n) is 2.86. The van der Waals surface area contributed by atoms with E-state index >= 15 is 0 Å². The molecule has 0 saturated carbocycles. The van der Waals surface area contributed by atoms with E-state index in [1.54, 1.807) is 11.1 Å². The first-order valence-electron chi connectivity index (χ1n) is 7.96. The molecule has 23 heavy (non-hydrogen) atoms. The van der Waals surface area contributed by atoms with Crippen molar-refractivity contribution in [2.75, 3.05) is 34.8 Å². The van der Waals surface area contributed by atoms with Gasteiger partial charge in [-0.2, -0.15) is 0 Å². The largest absolute Gasteiger partial charge is 0.353 e. The van der Waals surface area contributed by atoms with Crippen molar-refractivity contribution < 1.29 is 4.79 Å². The first-order valence-corrected chi connectivity index (χ1v) is 7.96. The number of fused-ring (bicyclic) bond motifs is 1. The van der Waals surface area contributed by atoms with Crippen LogP contribution in [0.5, 0.6) is 0 Å². The second-order valence-electron chi connectivity index (χ2n) is 5.83. The number of rotatable bonds is 2. The number of aryl methyl sites for hydroxylation is 2. The molecule has 2 aromatic rings. The Labute approximate surface area is 136 Å². The molecule has 0 unspecified atom stereocenters. The first kappa shape index (κ1) is 15.3. The van der Waals surface area contributed by atoms with Crippen LogP contribution in [0.1, 0.15) is 18.1 Å². The summed E-state index contributed by atoms with van der Waals surface area (Å²) in [6.07, 6.45) is 1.77. The van der Waals surface area contributed by atoms with E-state index in [0.29, 0.717) is 6.54 Å². The zero-order chi connectivity index (χ0) is 16.4. The van der Waals surface area contributed by atoms with Gasteiger partial charge in [0.1, 0.15) is 0 Å². The van der Waals surface area contributed by atoms with Gasteiger partial charge in [0, 0.05) is 31.5 Å². The lowest BCUT2D eigenvalue weighted by atomic mass is 10.1. The van der Waals surface area contributed by atoms with Crippen LogP contribution in [0.4, 0.5) is 22.0 Å². The van der Waals surface area contributed by atoms with Gasteiger partial charge in [-0.3, -0.25) is 4.90 Å². The molecule has 1 aromatic heterocycles. The normalized spacial score (nSPS) is 13.7. The molecule has 2 amide bonds. The van der Waals surface area contributed by atoms with Gasteiger partial charge >= 0.3 is 6.03 Å². The maximum Gasteiger partial charge on any atom is 0.326 e. The summed E-state index contributed by atoms with van der Waals surface area (Å²) in [7, 11) is 0. The third-order valence-corrected chi connectivity index (χ3v) is 4.21. The molecule has 120 valence electrons. The molecule has 2 heterocycles. The number of anilines is 3. The first-order chi connectivity index (χ1) is 11.1. The standard InChI is InChI=1S/C18H22N4O/c1-4-21-10-11-22(16-6-5-9-19-17(16)21)18(23)20-15-12-13(2)7-8-14(15)3/h5-9,12H,4,10-11H2,1-3H3,(H,20,23). The number of hydrogen-bond donors (Lipinski definition) is 1. The van der Waals surface area contributed by atoms with Gasteiger partial charge in [0.15, 0.2) is 5.82 Å². The van der Waals surface area contributed by atoms with Crippen LogP contribution in [0.15, 0.2) is 36.5 Å². The van der Waals surface area contributed by atoms with E-state index in [2.05, 4.69) is 22.1 Å². The van der Waals surface area contributed by atoms with Crippen LogP contribution in [0.3, 0.4) is 0 Å². The monoisotopic (exact) mass is 310 g/mol. The highest BCUT2D eigenvalue weighted by molar-refractivity contribution is 6.04. The van der Waals surface area contributed by atoms with Gasteiger partial charge in [0.05, 0.1) is 5.69 Å². The highest BCUT2D eigenvalue weighted by atomic mass is 16.2. The summed E-state index contributed by atoms with van der Waals surface area (Å²) in [6.45, 7) is 8.46. The molecule has 1 aliphatic heterocycles. The van der Waals surface area contributed by atoms with Gasteiger partial charge in [-0.05, 0) is 50.1 Å². The predicted octanol–water partition coefficient (Wildman–Crippen LogP) is 3.58. The van der Waals surface area contributed by atoms with E-state index in [4.69, 9.17) is 0 Å². The highest BCUT2D eigenvalue weighted by Gasteiger charge is 2.27. The molecule has 0 aliphatic carbocycles. The number of pyridine rings is 1. The van der Waals surface area contributed by atoms with Crippen LogP contribution < -0.4 is 15.1 Å². The number of carbonyl (C=O) groups is 1. The van der Waals surface area contributed by atoms with Gasteiger partial charge in [0.25, 0.3) is 0 Å². The van der Waals surface area contributed by atoms with E-state index in [1.165, 1.54) is 0 Å². The third kappa shape index (κ3) is 2.99. The zero-order valence-electron chi connectivity index (χ0n) is 13.8. The summed E-state index contributed by atoms with van der Waals surface area (Å²) in [5, 5.41) is 3.04. The van der Waals surface area contributed by atoms with Gasteiger partial charge in [-0.25, -0.2) is 9.78 Å². The van der Waals surface area contributed by atoms with Gasteiger partial charge in [-0.1, -0.05) is 12.1 Å². The molecule has 0 atom stereocenters. The number of benzene rings is 1. The van der Waals surface area contributed by atoms with E-state index < -0.39 is 0 Å². The number of aromatic nitrogens is 1. The SMILES string of the molecule is CCN1CCN(C(=O)Nc2cc(C)ccc2C)c2cccnc21. The summed E-state index contributed by atoms with van der Waals surface area (Å²) < 4.78 is 0. The number of carbonyl (C=O) groups excluding carboxylic acids is 1. The van der Waals surface area contributed by atoms with Gasteiger partial charge in [-0.15, -0.1) is 0 Å². The fourth-order valence-corrected chi connectivity index (χ4v) is 2.86. The second-order valence-corrected chi connectivity index (χ2v) is 5.83. The Hall–Kier alpha value is -2.56. The van der Waals surface area contributed by atoms with Crippen LogP contribution in [-0.4, -0.2) is 30.6 Å². The molecule has 0 bridgehead atoms. The minimum absolute atomic E-state index is 0.108. The van der Waals surface area contributed by atoms with Crippen LogP contribution in [-0.2, 0) is 0 Å². The number of amides is 2. The Morgan fingerprint density at radius 1 is 1.26 bits per heavy atom. The number of nitrogens with one attached hydrogen (secondary N) is 1. The van der Waals surface area contributed by atoms with Crippen molar-refractivity contribution in [2.45, 2.75) is 20.8 Å². The molecule has 1 aliphatic rings. The van der Waals surface area contributed by atoms with E-state index in [9.17, 15) is 4.79 Å². The molecule has 3 rings (SSSR count). The maximum atomic E-state index is 12.8. The van der Waals surface area contributed by atoms with Crippen LogP contribution in [0, 0.1) is 13.8 Å². The lowest BCUT2D eigenvalue weighted by Crippen LogP contribution is -2.46. The Balaban J connectivity index is 1.87. The van der Waals surface area contributed by atoms with Crippen molar-refractivity contribution in [1.29, 1.82) is 0 Å².